The van der Waals surface area contributed by atoms with Crippen LogP contribution >= 0.6 is 0 Å². The van der Waals surface area contributed by atoms with Crippen LogP contribution in [0, 0.1) is 5.41 Å². The number of carbonyl (C=O) groups excluding carboxylic acids is 1. The van der Waals surface area contributed by atoms with Crippen molar-refractivity contribution >= 4 is 5.91 Å². The summed E-state index contributed by atoms with van der Waals surface area (Å²) in [6, 6.07) is 10.6. The zero-order valence-corrected chi connectivity index (χ0v) is 12.2. The lowest BCUT2D eigenvalue weighted by Gasteiger charge is -2.38. The van der Waals surface area contributed by atoms with Crippen LogP contribution in [0.25, 0.3) is 0 Å². The molecule has 3 nitrogen and oxygen atoms in total. The molecule has 2 heterocycles. The maximum absolute atomic E-state index is 11.4. The molecule has 0 unspecified atom stereocenters. The highest BCUT2D eigenvalue weighted by atomic mass is 16.5. The lowest BCUT2D eigenvalue weighted by Crippen LogP contribution is -2.42. The molecule has 1 amide bonds. The Hall–Kier alpha value is -1.35. The van der Waals surface area contributed by atoms with Crippen LogP contribution in [0.4, 0.5) is 0 Å². The molecule has 3 heteroatoms. The highest BCUT2D eigenvalue weighted by Crippen LogP contribution is 2.42. The third-order valence-corrected chi connectivity index (χ3v) is 4.86. The molecule has 2 fully saturated rings. The quantitative estimate of drug-likeness (QED) is 0.829. The normalized spacial score (nSPS) is 25.1. The number of hydrogen-bond acceptors (Lipinski definition) is 2. The maximum Gasteiger partial charge on any atom is 0.219 e. The van der Waals surface area contributed by atoms with Crippen molar-refractivity contribution < 1.29 is 9.53 Å². The van der Waals surface area contributed by atoms with E-state index in [1.165, 1.54) is 5.56 Å². The molecule has 0 N–H and O–H groups in total. The Morgan fingerprint density at radius 1 is 1.30 bits per heavy atom. The topological polar surface area (TPSA) is 29.5 Å². The van der Waals surface area contributed by atoms with E-state index in [0.717, 1.165) is 45.4 Å². The summed E-state index contributed by atoms with van der Waals surface area (Å²) >= 11 is 0. The molecule has 0 aromatic heterocycles. The van der Waals surface area contributed by atoms with E-state index in [2.05, 4.69) is 30.3 Å². The van der Waals surface area contributed by atoms with Gasteiger partial charge in [0.05, 0.1) is 12.7 Å². The van der Waals surface area contributed by atoms with E-state index >= 15 is 0 Å². The number of piperidine rings is 1. The van der Waals surface area contributed by atoms with Crippen LogP contribution in [0.1, 0.15) is 31.7 Å². The van der Waals surface area contributed by atoms with Crippen LogP contribution in [-0.4, -0.2) is 36.6 Å². The second kappa shape index (κ2) is 5.57. The SMILES string of the molecule is CC(=O)N1CCC2(CC1)CO[C@@H](Cc1ccccc1)C2. The number of carbonyl (C=O) groups is 1. The van der Waals surface area contributed by atoms with Crippen molar-refractivity contribution in [1.82, 2.24) is 4.90 Å². The Balaban J connectivity index is 1.56. The summed E-state index contributed by atoms with van der Waals surface area (Å²) in [7, 11) is 0. The van der Waals surface area contributed by atoms with Crippen molar-refractivity contribution in [3.63, 3.8) is 0 Å². The first kappa shape index (κ1) is 13.6. The van der Waals surface area contributed by atoms with E-state index in [1.54, 1.807) is 6.92 Å². The van der Waals surface area contributed by atoms with E-state index in [4.69, 9.17) is 4.74 Å². The average Bonchev–Trinajstić information content (AvgIpc) is 2.83. The Labute approximate surface area is 120 Å². The van der Waals surface area contributed by atoms with Gasteiger partial charge in [0.25, 0.3) is 0 Å². The van der Waals surface area contributed by atoms with Gasteiger partial charge in [-0.2, -0.15) is 0 Å². The van der Waals surface area contributed by atoms with E-state index in [1.807, 2.05) is 4.90 Å². The number of rotatable bonds is 2. The van der Waals surface area contributed by atoms with Gasteiger partial charge in [0, 0.05) is 20.0 Å². The van der Waals surface area contributed by atoms with Crippen LogP contribution in [0.15, 0.2) is 30.3 Å². The van der Waals surface area contributed by atoms with Gasteiger partial charge in [-0.05, 0) is 36.7 Å². The van der Waals surface area contributed by atoms with Crippen molar-refractivity contribution in [2.24, 2.45) is 5.41 Å². The molecule has 1 atom stereocenters. The lowest BCUT2D eigenvalue weighted by atomic mass is 9.76. The lowest BCUT2D eigenvalue weighted by molar-refractivity contribution is -0.131. The minimum absolute atomic E-state index is 0.208. The Kier molecular flexibility index (Phi) is 3.79. The standard InChI is InChI=1S/C17H23NO2/c1-14(19)18-9-7-17(8-10-18)12-16(20-13-17)11-15-5-3-2-4-6-15/h2-6,16H,7-13H2,1H3/t16-/m0/s1. The molecule has 1 spiro atoms. The number of likely N-dealkylation sites (tertiary alicyclic amines) is 1. The van der Waals surface area contributed by atoms with Crippen molar-refractivity contribution in [3.05, 3.63) is 35.9 Å². The van der Waals surface area contributed by atoms with Crippen LogP contribution in [-0.2, 0) is 16.0 Å². The molecule has 0 radical (unpaired) electrons. The summed E-state index contributed by atoms with van der Waals surface area (Å²) in [6.45, 7) is 4.34. The van der Waals surface area contributed by atoms with E-state index in [9.17, 15) is 4.79 Å². The first-order chi connectivity index (χ1) is 9.67. The summed E-state index contributed by atoms with van der Waals surface area (Å²) in [4.78, 5) is 13.4. The van der Waals surface area contributed by atoms with Crippen LogP contribution < -0.4 is 0 Å². The van der Waals surface area contributed by atoms with Gasteiger partial charge in [-0.25, -0.2) is 0 Å². The molecular weight excluding hydrogens is 250 g/mol. The minimum Gasteiger partial charge on any atom is -0.377 e. The van der Waals surface area contributed by atoms with Gasteiger partial charge in [-0.1, -0.05) is 30.3 Å². The summed E-state index contributed by atoms with van der Waals surface area (Å²) < 4.78 is 6.04. The molecule has 20 heavy (non-hydrogen) atoms. The molecular formula is C17H23NO2. The molecule has 1 aromatic carbocycles. The van der Waals surface area contributed by atoms with Gasteiger partial charge in [-0.3, -0.25) is 4.79 Å². The Bertz CT molecular complexity index is 463. The smallest absolute Gasteiger partial charge is 0.219 e. The molecule has 1 aromatic rings. The molecule has 2 aliphatic rings. The highest BCUT2D eigenvalue weighted by molar-refractivity contribution is 5.73. The molecule has 0 saturated carbocycles. The first-order valence-electron chi connectivity index (χ1n) is 7.58. The molecule has 0 bridgehead atoms. The molecule has 2 saturated heterocycles. The van der Waals surface area contributed by atoms with Gasteiger partial charge < -0.3 is 9.64 Å². The molecule has 2 aliphatic heterocycles. The number of benzene rings is 1. The zero-order valence-electron chi connectivity index (χ0n) is 12.2. The number of ether oxygens (including phenoxy) is 1. The largest absolute Gasteiger partial charge is 0.377 e. The van der Waals surface area contributed by atoms with Gasteiger partial charge in [0.1, 0.15) is 0 Å². The van der Waals surface area contributed by atoms with Crippen molar-refractivity contribution in [1.29, 1.82) is 0 Å². The number of nitrogens with zero attached hydrogens (tertiary/aromatic N) is 1. The Morgan fingerprint density at radius 2 is 2.00 bits per heavy atom. The van der Waals surface area contributed by atoms with E-state index in [0.29, 0.717) is 11.5 Å². The predicted molar refractivity (Wildman–Crippen MR) is 78.4 cm³/mol. The van der Waals surface area contributed by atoms with Gasteiger partial charge >= 0.3 is 0 Å². The molecule has 3 rings (SSSR count). The Morgan fingerprint density at radius 3 is 2.65 bits per heavy atom. The molecule has 108 valence electrons. The summed E-state index contributed by atoms with van der Waals surface area (Å²) in [5.41, 5.74) is 1.68. The van der Waals surface area contributed by atoms with Crippen LogP contribution in [0.3, 0.4) is 0 Å². The number of hydrogen-bond donors (Lipinski definition) is 0. The zero-order chi connectivity index (χ0) is 14.0. The van der Waals surface area contributed by atoms with Gasteiger partial charge in [0.15, 0.2) is 0 Å². The summed E-state index contributed by atoms with van der Waals surface area (Å²) in [5.74, 6) is 0.208. The van der Waals surface area contributed by atoms with Gasteiger partial charge in [0.2, 0.25) is 5.91 Å². The minimum atomic E-state index is 0.208. The van der Waals surface area contributed by atoms with Crippen LogP contribution in [0.2, 0.25) is 0 Å². The number of amides is 1. The third-order valence-electron chi connectivity index (χ3n) is 4.86. The summed E-state index contributed by atoms with van der Waals surface area (Å²) in [5, 5.41) is 0. The summed E-state index contributed by atoms with van der Waals surface area (Å²) in [6.07, 6.45) is 4.70. The second-order valence-corrected chi connectivity index (χ2v) is 6.33. The van der Waals surface area contributed by atoms with Crippen molar-refractivity contribution in [3.8, 4) is 0 Å². The first-order valence-corrected chi connectivity index (χ1v) is 7.58. The highest BCUT2D eigenvalue weighted by Gasteiger charge is 2.42. The monoisotopic (exact) mass is 273 g/mol. The fourth-order valence-corrected chi connectivity index (χ4v) is 3.55. The second-order valence-electron chi connectivity index (χ2n) is 6.33. The van der Waals surface area contributed by atoms with E-state index in [-0.39, 0.29) is 5.91 Å². The predicted octanol–water partition coefficient (Wildman–Crippen LogP) is 2.65. The van der Waals surface area contributed by atoms with Crippen molar-refractivity contribution in [2.75, 3.05) is 19.7 Å². The molecule has 0 aliphatic carbocycles. The van der Waals surface area contributed by atoms with E-state index < -0.39 is 0 Å². The maximum atomic E-state index is 11.4. The van der Waals surface area contributed by atoms with Crippen LogP contribution in [0.5, 0.6) is 0 Å². The average molecular weight is 273 g/mol. The fraction of sp³-hybridized carbons (Fsp3) is 0.588. The third kappa shape index (κ3) is 2.88. The van der Waals surface area contributed by atoms with Gasteiger partial charge in [-0.15, -0.1) is 0 Å². The van der Waals surface area contributed by atoms with Crippen molar-refractivity contribution in [2.45, 2.75) is 38.7 Å². The fourth-order valence-electron chi connectivity index (χ4n) is 3.55.